The zero-order chi connectivity index (χ0) is 50.2. The van der Waals surface area contributed by atoms with Crippen LogP contribution in [0.15, 0.2) is 84.9 Å². The van der Waals surface area contributed by atoms with E-state index >= 15 is 0 Å². The average Bonchev–Trinajstić information content (AvgIpc) is 4.24. The fraction of sp³-hybridized carbons (Fsp3) is 0.267. The van der Waals surface area contributed by atoms with Crippen molar-refractivity contribution in [2.75, 3.05) is 85.3 Å². The molecule has 26 heteroatoms. The van der Waals surface area contributed by atoms with Crippen LogP contribution in [0.1, 0.15) is 14.5 Å². The smallest absolute Gasteiger partial charge is 0.414 e. The molecule has 0 spiro atoms. The standard InChI is InChI=1S/C20H18ClN3O6S.C15H17N3O5.C5H2ClNS.C5H2ClOS.Y/c21-17-6-5-16(31-17)19(27)22(12-25)9-15-10-24(20(28)30-15)14-3-1-13(2-4-14)23-7-8-29-11-18(23)26;19-10-16-7-13-8-18(15(21)23-13)12-3-1-11(2-4-12)17-5-6-22-9-14(17)20;1-7-5-3-2-4(6)8-5;6-5-2-1-4(3-7)8-5;/h1-6,12,15H,7-11H2;1-4,10,13H,5-9H2,(H,16,19);2-3H;1-2H;/q;;;-1;/t15-;13-;;;/m00.../s1. The summed E-state index contributed by atoms with van der Waals surface area (Å²) in [6, 6.07) is 23.9. The van der Waals surface area contributed by atoms with Crippen molar-refractivity contribution in [3.63, 3.8) is 0 Å². The van der Waals surface area contributed by atoms with Crippen LogP contribution >= 0.6 is 68.8 Å². The molecule has 9 rings (SSSR count). The van der Waals surface area contributed by atoms with Gasteiger partial charge in [0.05, 0.1) is 63.9 Å². The number of ether oxygens (including phenoxy) is 4. The second-order valence-electron chi connectivity index (χ2n) is 14.5. The fourth-order valence-electron chi connectivity index (χ4n) is 6.75. The Hall–Kier alpha value is -5.32. The number of rotatable bonds is 12. The summed E-state index contributed by atoms with van der Waals surface area (Å²) in [4.78, 5) is 103. The second kappa shape index (κ2) is 28.1. The summed E-state index contributed by atoms with van der Waals surface area (Å²) in [5.41, 5.74) is 2.77. The van der Waals surface area contributed by atoms with Crippen molar-refractivity contribution in [3.05, 3.63) is 119 Å². The molecule has 0 unspecified atom stereocenters. The number of thiophene rings is 3. The van der Waals surface area contributed by atoms with Crippen molar-refractivity contribution in [1.29, 1.82) is 0 Å². The Labute approximate surface area is 458 Å². The Morgan fingerprint density at radius 2 is 1.18 bits per heavy atom. The van der Waals surface area contributed by atoms with Gasteiger partial charge in [0.2, 0.25) is 17.8 Å². The van der Waals surface area contributed by atoms with Crippen LogP contribution in [0.2, 0.25) is 13.0 Å². The minimum atomic E-state index is -0.669. The summed E-state index contributed by atoms with van der Waals surface area (Å²) in [7, 11) is 0. The molecule has 0 aliphatic carbocycles. The Morgan fingerprint density at radius 3 is 1.58 bits per heavy atom. The van der Waals surface area contributed by atoms with Crippen LogP contribution in [0.5, 0.6) is 0 Å². The molecule has 71 heavy (non-hydrogen) atoms. The Kier molecular flexibility index (Phi) is 22.4. The largest absolute Gasteiger partial charge is 0.442 e. The third-order valence-electron chi connectivity index (χ3n) is 10.0. The van der Waals surface area contributed by atoms with Gasteiger partial charge >= 0.3 is 12.2 Å². The van der Waals surface area contributed by atoms with Gasteiger partial charge in [0, 0.05) is 74.8 Å². The van der Waals surface area contributed by atoms with Crippen molar-refractivity contribution >= 4 is 146 Å². The zero-order valence-electron chi connectivity index (χ0n) is 37.0. The van der Waals surface area contributed by atoms with E-state index in [9.17, 15) is 38.4 Å². The number of benzene rings is 2. The van der Waals surface area contributed by atoms with Gasteiger partial charge < -0.3 is 38.9 Å². The summed E-state index contributed by atoms with van der Waals surface area (Å²) < 4.78 is 22.5. The van der Waals surface area contributed by atoms with Gasteiger partial charge in [-0.3, -0.25) is 38.7 Å². The number of nitrogens with one attached hydrogen (secondary N) is 1. The van der Waals surface area contributed by atoms with Crippen molar-refractivity contribution in [3.8, 4) is 0 Å². The van der Waals surface area contributed by atoms with Crippen LogP contribution in [0.4, 0.5) is 37.3 Å². The van der Waals surface area contributed by atoms with Gasteiger partial charge in [0.25, 0.3) is 17.7 Å². The molecule has 369 valence electrons. The van der Waals surface area contributed by atoms with Gasteiger partial charge in [-0.25, -0.2) is 14.4 Å². The number of halogens is 3. The molecule has 1 N–H and O–H groups in total. The third-order valence-corrected chi connectivity index (χ3v) is 13.5. The van der Waals surface area contributed by atoms with E-state index < -0.39 is 24.2 Å². The Bertz CT molecular complexity index is 2700. The van der Waals surface area contributed by atoms with Gasteiger partial charge in [-0.05, 0) is 72.8 Å². The number of anilines is 4. The predicted octanol–water partition coefficient (Wildman–Crippen LogP) is 7.32. The fourth-order valence-corrected chi connectivity index (χ4v) is 9.40. The van der Waals surface area contributed by atoms with E-state index in [0.717, 1.165) is 21.9 Å². The summed E-state index contributed by atoms with van der Waals surface area (Å²) in [5, 5.41) is 3.15. The first-order valence-corrected chi connectivity index (χ1v) is 24.3. The average molecular weight is 1160 g/mol. The van der Waals surface area contributed by atoms with Gasteiger partial charge in [0.15, 0.2) is 0 Å². The number of hydrogen-bond donors (Lipinski definition) is 1. The molecule has 2 atom stereocenters. The van der Waals surface area contributed by atoms with Crippen LogP contribution in [-0.2, 0) is 75.6 Å². The number of carbonyl (C=O) groups is 7. The molecule has 0 bridgehead atoms. The van der Waals surface area contributed by atoms with E-state index in [1.807, 2.05) is 0 Å². The molecule has 1 radical (unpaired) electrons. The van der Waals surface area contributed by atoms with E-state index in [0.29, 0.717) is 90.5 Å². The number of carbonyl (C=O) groups excluding carboxylic acids is 8. The zero-order valence-corrected chi connectivity index (χ0v) is 44.5. The molecule has 19 nitrogen and oxygen atoms in total. The molecular weight excluding hydrogens is 1120 g/mol. The van der Waals surface area contributed by atoms with E-state index in [4.69, 9.17) is 60.3 Å². The van der Waals surface area contributed by atoms with Gasteiger partial charge in [0.1, 0.15) is 25.4 Å². The Balaban J connectivity index is 0.000000203. The molecule has 4 aliphatic heterocycles. The van der Waals surface area contributed by atoms with Crippen molar-refractivity contribution in [2.45, 2.75) is 12.2 Å². The molecule has 2 aromatic carbocycles. The first-order chi connectivity index (χ1) is 33.8. The van der Waals surface area contributed by atoms with Crippen LogP contribution in [-0.4, -0.2) is 132 Å². The van der Waals surface area contributed by atoms with Crippen LogP contribution in [0.3, 0.4) is 0 Å². The van der Waals surface area contributed by atoms with Crippen LogP contribution < -0.4 is 24.9 Å². The second-order valence-corrected chi connectivity index (χ2v) is 19.7. The maximum Gasteiger partial charge on any atom is 0.414 e. The van der Waals surface area contributed by atoms with Crippen molar-refractivity contribution < 1.29 is 90.0 Å². The van der Waals surface area contributed by atoms with Crippen molar-refractivity contribution in [1.82, 2.24) is 10.2 Å². The Morgan fingerprint density at radius 1 is 0.704 bits per heavy atom. The molecule has 7 amide bonds. The number of imide groups is 1. The first-order valence-electron chi connectivity index (χ1n) is 20.7. The van der Waals surface area contributed by atoms with E-state index in [2.05, 4.69) is 10.2 Å². The van der Waals surface area contributed by atoms with E-state index in [1.165, 1.54) is 32.5 Å². The minimum absolute atomic E-state index is 0. The van der Waals surface area contributed by atoms with Crippen LogP contribution in [0, 0.1) is 6.57 Å². The maximum atomic E-state index is 12.5. The summed E-state index contributed by atoms with van der Waals surface area (Å²) >= 11 is 20.4. The normalized spacial score (nSPS) is 17.1. The molecule has 3 aromatic heterocycles. The molecule has 4 fully saturated rings. The topological polar surface area (TPSA) is 206 Å². The number of amides is 7. The third kappa shape index (κ3) is 16.1. The SMILES string of the molecule is O=CN(C[C@H]1CN(c2ccc(N3CCOCC3=O)cc2)C(=O)O1)C(=O)c1ccc(Cl)s1.O=CNC[C@H]1CN(c2ccc(N3CCOCC3=O)cc2)C(=O)O1.O=[C-]c1ccc(Cl)s1.[C-]#[N+]c1ccc(Cl)s1.[Y]. The molecule has 4 aliphatic rings. The molecule has 0 saturated carbocycles. The van der Waals surface area contributed by atoms with Gasteiger partial charge in [-0.15, -0.1) is 33.6 Å². The number of morpholine rings is 2. The van der Waals surface area contributed by atoms with Crippen LogP contribution in [0.25, 0.3) is 4.85 Å². The van der Waals surface area contributed by atoms with Gasteiger partial charge in [-0.1, -0.05) is 34.8 Å². The monoisotopic (exact) mass is 1160 g/mol. The molecular formula is C45H39Cl3N7O12S3Y-. The molecule has 4 saturated heterocycles. The quantitative estimate of drug-likeness (QED) is 0.0964. The van der Waals surface area contributed by atoms with Crippen molar-refractivity contribution in [2.24, 2.45) is 0 Å². The molecule has 7 heterocycles. The summed E-state index contributed by atoms with van der Waals surface area (Å²) in [5.74, 6) is -0.698. The van der Waals surface area contributed by atoms with Gasteiger partial charge in [-0.2, -0.15) is 17.4 Å². The predicted molar refractivity (Wildman–Crippen MR) is 265 cm³/mol. The summed E-state index contributed by atoms with van der Waals surface area (Å²) in [6.07, 6.45) is 0.669. The molecule has 5 aromatic rings. The number of cyclic esters (lactones) is 2. The minimum Gasteiger partial charge on any atom is -0.442 e. The number of hydrogen-bond acceptors (Lipinski definition) is 15. The van der Waals surface area contributed by atoms with E-state index in [1.54, 1.807) is 101 Å². The first kappa shape index (κ1) is 56.6. The maximum absolute atomic E-state index is 12.5. The van der Waals surface area contributed by atoms with E-state index in [-0.39, 0.29) is 83.5 Å². The number of nitrogens with zero attached hydrogens (tertiary/aromatic N) is 6. The summed E-state index contributed by atoms with van der Waals surface area (Å²) in [6.45, 7) is 9.40.